The maximum absolute atomic E-state index is 3.60. The largest absolute Gasteiger partial charge is 0.303 e. The Morgan fingerprint density at radius 2 is 2.00 bits per heavy atom. The van der Waals surface area contributed by atoms with Crippen LogP contribution in [0.15, 0.2) is 24.3 Å². The fraction of sp³-hybridized carbons (Fsp3) is 0.500. The number of hydrogen-bond donors (Lipinski definition) is 1. The highest BCUT2D eigenvalue weighted by Crippen LogP contribution is 2.36. The van der Waals surface area contributed by atoms with E-state index in [1.807, 2.05) is 0 Å². The first-order chi connectivity index (χ1) is 6.14. The molecule has 1 aliphatic rings. The van der Waals surface area contributed by atoms with Crippen molar-refractivity contribution < 1.29 is 0 Å². The molecule has 1 heteroatoms. The molecule has 0 aromatic heterocycles. The molecule has 1 nitrogen and oxygen atoms in total. The average molecular weight is 175 g/mol. The second kappa shape index (κ2) is 2.85. The third-order valence-corrected chi connectivity index (χ3v) is 3.38. The zero-order valence-electron chi connectivity index (χ0n) is 8.59. The van der Waals surface area contributed by atoms with Gasteiger partial charge in [-0.25, -0.2) is 0 Å². The van der Waals surface area contributed by atoms with E-state index in [0.717, 1.165) is 6.54 Å². The molecule has 1 atom stereocenters. The lowest BCUT2D eigenvalue weighted by Gasteiger charge is -2.30. The van der Waals surface area contributed by atoms with Crippen LogP contribution in [0.3, 0.4) is 0 Å². The molecular weight excluding hydrogens is 158 g/mol. The summed E-state index contributed by atoms with van der Waals surface area (Å²) in [5.41, 5.74) is 3.11. The van der Waals surface area contributed by atoms with Gasteiger partial charge in [0.2, 0.25) is 0 Å². The Morgan fingerprint density at radius 1 is 1.31 bits per heavy atom. The predicted octanol–water partition coefficient (Wildman–Crippen LogP) is 2.66. The summed E-state index contributed by atoms with van der Waals surface area (Å²) in [5.74, 6) is 0.635. The molecule has 0 fully saturated rings. The van der Waals surface area contributed by atoms with Crippen molar-refractivity contribution >= 4 is 0 Å². The number of fused-ring (bicyclic) bond motifs is 1. The second-order valence-corrected chi connectivity index (χ2v) is 4.37. The second-order valence-electron chi connectivity index (χ2n) is 4.37. The molecule has 1 aromatic rings. The molecule has 1 N–H and O–H groups in total. The summed E-state index contributed by atoms with van der Waals surface area (Å²) in [6.45, 7) is 7.86. The van der Waals surface area contributed by atoms with Crippen molar-refractivity contribution in [1.82, 2.24) is 5.32 Å². The van der Waals surface area contributed by atoms with Crippen LogP contribution >= 0.6 is 0 Å². The van der Waals surface area contributed by atoms with E-state index in [1.165, 1.54) is 11.1 Å². The van der Waals surface area contributed by atoms with Gasteiger partial charge in [0, 0.05) is 12.1 Å². The van der Waals surface area contributed by atoms with E-state index in [4.69, 9.17) is 0 Å². The minimum absolute atomic E-state index is 0.177. The summed E-state index contributed by atoms with van der Waals surface area (Å²) in [6, 6.07) is 8.71. The van der Waals surface area contributed by atoms with Gasteiger partial charge in [0.1, 0.15) is 0 Å². The van der Waals surface area contributed by atoms with Gasteiger partial charge in [-0.15, -0.1) is 0 Å². The lowest BCUT2D eigenvalue weighted by molar-refractivity contribution is 0.288. The van der Waals surface area contributed by atoms with Gasteiger partial charge < -0.3 is 5.32 Å². The van der Waals surface area contributed by atoms with Crippen LogP contribution in [0.25, 0.3) is 0 Å². The molecule has 0 saturated carbocycles. The van der Waals surface area contributed by atoms with E-state index in [9.17, 15) is 0 Å². The number of rotatable bonds is 1. The zero-order chi connectivity index (χ0) is 9.47. The molecule has 0 amide bonds. The van der Waals surface area contributed by atoms with Crippen LogP contribution in [-0.2, 0) is 12.1 Å². The first kappa shape index (κ1) is 8.76. The summed E-state index contributed by atoms with van der Waals surface area (Å²) >= 11 is 0. The van der Waals surface area contributed by atoms with Crippen LogP contribution in [0.4, 0.5) is 0 Å². The maximum Gasteiger partial charge on any atom is 0.0435 e. The van der Waals surface area contributed by atoms with Crippen LogP contribution in [0.5, 0.6) is 0 Å². The topological polar surface area (TPSA) is 12.0 Å². The quantitative estimate of drug-likeness (QED) is 0.692. The maximum atomic E-state index is 3.60. The minimum Gasteiger partial charge on any atom is -0.303 e. The van der Waals surface area contributed by atoms with E-state index in [0.29, 0.717) is 5.92 Å². The molecule has 0 aliphatic carbocycles. The molecule has 0 bridgehead atoms. The first-order valence-electron chi connectivity index (χ1n) is 4.98. The zero-order valence-corrected chi connectivity index (χ0v) is 8.59. The Labute approximate surface area is 80.2 Å². The average Bonchev–Trinajstić information content (AvgIpc) is 2.47. The van der Waals surface area contributed by atoms with Crippen molar-refractivity contribution in [3.8, 4) is 0 Å². The number of nitrogens with one attached hydrogen (secondary N) is 1. The van der Waals surface area contributed by atoms with Gasteiger partial charge in [0.15, 0.2) is 0 Å². The molecule has 1 heterocycles. The molecule has 1 aliphatic heterocycles. The minimum atomic E-state index is 0.177. The van der Waals surface area contributed by atoms with Crippen molar-refractivity contribution in [2.75, 3.05) is 0 Å². The monoisotopic (exact) mass is 175 g/mol. The molecule has 2 rings (SSSR count). The van der Waals surface area contributed by atoms with Gasteiger partial charge in [-0.1, -0.05) is 38.1 Å². The first-order valence-corrected chi connectivity index (χ1v) is 4.98. The van der Waals surface area contributed by atoms with Crippen LogP contribution in [-0.4, -0.2) is 0 Å². The summed E-state index contributed by atoms with van der Waals surface area (Å²) in [6.07, 6.45) is 0. The predicted molar refractivity (Wildman–Crippen MR) is 55.5 cm³/mol. The Kier molecular flexibility index (Phi) is 1.92. The summed E-state index contributed by atoms with van der Waals surface area (Å²) < 4.78 is 0. The third-order valence-electron chi connectivity index (χ3n) is 3.38. The third kappa shape index (κ3) is 1.19. The standard InChI is InChI=1S/C12H17N/c1-9(2)12(3)11-7-5-4-6-10(11)8-13-12/h4-7,9,13H,8H2,1-3H3. The fourth-order valence-corrected chi connectivity index (χ4v) is 2.07. The normalized spacial score (nSPS) is 26.5. The van der Waals surface area contributed by atoms with Gasteiger partial charge in [-0.3, -0.25) is 0 Å². The van der Waals surface area contributed by atoms with Crippen molar-refractivity contribution in [3.05, 3.63) is 35.4 Å². The summed E-state index contributed by atoms with van der Waals surface area (Å²) in [4.78, 5) is 0. The van der Waals surface area contributed by atoms with Gasteiger partial charge in [-0.2, -0.15) is 0 Å². The fourth-order valence-electron chi connectivity index (χ4n) is 2.07. The van der Waals surface area contributed by atoms with Gasteiger partial charge in [-0.05, 0) is 24.0 Å². The van der Waals surface area contributed by atoms with E-state index in [1.54, 1.807) is 0 Å². The Morgan fingerprint density at radius 3 is 2.69 bits per heavy atom. The molecule has 1 unspecified atom stereocenters. The molecule has 0 spiro atoms. The van der Waals surface area contributed by atoms with Crippen molar-refractivity contribution in [2.24, 2.45) is 5.92 Å². The van der Waals surface area contributed by atoms with Crippen LogP contribution in [0.2, 0.25) is 0 Å². The van der Waals surface area contributed by atoms with Crippen LogP contribution in [0, 0.1) is 5.92 Å². The van der Waals surface area contributed by atoms with Gasteiger partial charge in [0.25, 0.3) is 0 Å². The highest BCUT2D eigenvalue weighted by molar-refractivity contribution is 5.37. The molecule has 0 saturated heterocycles. The number of benzene rings is 1. The summed E-state index contributed by atoms with van der Waals surface area (Å²) in [5, 5.41) is 3.60. The SMILES string of the molecule is CC(C)C1(C)NCc2ccccc21. The van der Waals surface area contributed by atoms with E-state index in [-0.39, 0.29) is 5.54 Å². The van der Waals surface area contributed by atoms with Crippen molar-refractivity contribution in [3.63, 3.8) is 0 Å². The highest BCUT2D eigenvalue weighted by atomic mass is 15.0. The smallest absolute Gasteiger partial charge is 0.0435 e. The van der Waals surface area contributed by atoms with Crippen LogP contribution in [0.1, 0.15) is 31.9 Å². The van der Waals surface area contributed by atoms with E-state index < -0.39 is 0 Å². The van der Waals surface area contributed by atoms with E-state index in [2.05, 4.69) is 50.4 Å². The highest BCUT2D eigenvalue weighted by Gasteiger charge is 2.35. The lowest BCUT2D eigenvalue weighted by Crippen LogP contribution is -2.38. The van der Waals surface area contributed by atoms with Crippen molar-refractivity contribution in [2.45, 2.75) is 32.9 Å². The number of hydrogen-bond acceptors (Lipinski definition) is 1. The van der Waals surface area contributed by atoms with E-state index >= 15 is 0 Å². The van der Waals surface area contributed by atoms with Crippen LogP contribution < -0.4 is 5.32 Å². The lowest BCUT2D eigenvalue weighted by atomic mass is 9.83. The summed E-state index contributed by atoms with van der Waals surface area (Å²) in [7, 11) is 0. The molecule has 1 aromatic carbocycles. The van der Waals surface area contributed by atoms with Gasteiger partial charge in [0.05, 0.1) is 0 Å². The Hall–Kier alpha value is -0.820. The molecular formula is C12H17N. The van der Waals surface area contributed by atoms with Gasteiger partial charge >= 0.3 is 0 Å². The molecule has 13 heavy (non-hydrogen) atoms. The Bertz CT molecular complexity index is 317. The molecule has 70 valence electrons. The molecule has 0 radical (unpaired) electrons. The van der Waals surface area contributed by atoms with Crippen molar-refractivity contribution in [1.29, 1.82) is 0 Å². The Balaban J connectivity index is 2.49.